The zero-order valence-corrected chi connectivity index (χ0v) is 16.3. The first-order chi connectivity index (χ1) is 13.0. The van der Waals surface area contributed by atoms with Gasteiger partial charge in [-0.1, -0.05) is 22.0 Å². The third-order valence-corrected chi connectivity index (χ3v) is 4.79. The van der Waals surface area contributed by atoms with Crippen LogP contribution >= 0.6 is 15.9 Å². The largest absolute Gasteiger partial charge is 0.352 e. The lowest BCUT2D eigenvalue weighted by molar-refractivity contribution is -0.117. The Morgan fingerprint density at radius 2 is 1.89 bits per heavy atom. The van der Waals surface area contributed by atoms with E-state index in [2.05, 4.69) is 26.6 Å². The van der Waals surface area contributed by atoms with Crippen molar-refractivity contribution in [1.29, 1.82) is 0 Å². The van der Waals surface area contributed by atoms with Crippen LogP contribution in [0.3, 0.4) is 0 Å². The van der Waals surface area contributed by atoms with Crippen LogP contribution in [0.15, 0.2) is 53.0 Å². The van der Waals surface area contributed by atoms with Gasteiger partial charge in [-0.15, -0.1) is 0 Å². The van der Waals surface area contributed by atoms with Crippen molar-refractivity contribution in [2.45, 2.75) is 19.3 Å². The van der Waals surface area contributed by atoms with E-state index in [0.717, 1.165) is 16.6 Å². The zero-order valence-electron chi connectivity index (χ0n) is 14.7. The molecule has 0 unspecified atom stereocenters. The first kappa shape index (κ1) is 19.1. The smallest absolute Gasteiger partial charge is 0.251 e. The minimum absolute atomic E-state index is 0.0807. The molecule has 0 radical (unpaired) electrons. The monoisotopic (exact) mass is 429 g/mol. The molecule has 1 aliphatic rings. The minimum atomic E-state index is -0.264. The predicted molar refractivity (Wildman–Crippen MR) is 108 cm³/mol. The number of halogens is 1. The van der Waals surface area contributed by atoms with E-state index in [1.807, 2.05) is 18.2 Å². The summed E-state index contributed by atoms with van der Waals surface area (Å²) in [6.45, 7) is 0.911. The van der Waals surface area contributed by atoms with E-state index in [4.69, 9.17) is 0 Å². The van der Waals surface area contributed by atoms with Crippen LogP contribution in [0.25, 0.3) is 0 Å². The average Bonchev–Trinajstić information content (AvgIpc) is 3.09. The summed E-state index contributed by atoms with van der Waals surface area (Å²) in [5.41, 5.74) is 1.91. The number of benzene rings is 2. The molecule has 2 aromatic rings. The summed E-state index contributed by atoms with van der Waals surface area (Å²) in [6, 6.07) is 14.3. The Hall–Kier alpha value is -2.67. The highest BCUT2D eigenvalue weighted by Gasteiger charge is 2.22. The number of carbonyl (C=O) groups is 3. The molecule has 27 heavy (non-hydrogen) atoms. The van der Waals surface area contributed by atoms with E-state index >= 15 is 0 Å². The van der Waals surface area contributed by atoms with Crippen LogP contribution in [0.1, 0.15) is 29.6 Å². The van der Waals surface area contributed by atoms with Gasteiger partial charge in [-0.05, 0) is 48.9 Å². The van der Waals surface area contributed by atoms with Gasteiger partial charge in [0.1, 0.15) is 0 Å². The van der Waals surface area contributed by atoms with E-state index < -0.39 is 0 Å². The Bertz CT molecular complexity index is 852. The summed E-state index contributed by atoms with van der Waals surface area (Å²) in [4.78, 5) is 37.8. The van der Waals surface area contributed by atoms with Crippen LogP contribution in [0.5, 0.6) is 0 Å². The molecule has 3 rings (SSSR count). The van der Waals surface area contributed by atoms with Gasteiger partial charge in [0.25, 0.3) is 5.91 Å². The third-order valence-electron chi connectivity index (χ3n) is 4.26. The summed E-state index contributed by atoms with van der Waals surface area (Å²) in [6.07, 6.45) is 1.55. The van der Waals surface area contributed by atoms with Gasteiger partial charge in [0.05, 0.1) is 0 Å². The first-order valence-corrected chi connectivity index (χ1v) is 9.56. The van der Waals surface area contributed by atoms with E-state index in [0.29, 0.717) is 24.2 Å². The molecule has 6 nitrogen and oxygen atoms in total. The molecule has 0 atom stereocenters. The van der Waals surface area contributed by atoms with Crippen molar-refractivity contribution in [2.24, 2.45) is 0 Å². The van der Waals surface area contributed by atoms with E-state index in [9.17, 15) is 14.4 Å². The molecular formula is C20H20BrN3O3. The summed E-state index contributed by atoms with van der Waals surface area (Å²) >= 11 is 3.34. The van der Waals surface area contributed by atoms with Crippen LogP contribution in [0.2, 0.25) is 0 Å². The Morgan fingerprint density at radius 3 is 2.59 bits per heavy atom. The highest BCUT2D eigenvalue weighted by Crippen LogP contribution is 2.22. The maximum absolute atomic E-state index is 12.3. The summed E-state index contributed by atoms with van der Waals surface area (Å²) < 4.78 is 0.936. The standard InChI is InChI=1S/C20H20BrN3O3/c21-15-6-8-16(9-7-15)23-18(25)10-11-22-20(27)14-3-1-4-17(13-14)24-12-2-5-19(24)26/h1,3-4,6-9,13H,2,5,10-12H2,(H,22,27)(H,23,25). The van der Waals surface area contributed by atoms with Crippen molar-refractivity contribution in [3.05, 3.63) is 58.6 Å². The molecule has 7 heteroatoms. The van der Waals surface area contributed by atoms with Crippen molar-refractivity contribution in [2.75, 3.05) is 23.3 Å². The molecule has 0 aromatic heterocycles. The highest BCUT2D eigenvalue weighted by molar-refractivity contribution is 9.10. The van der Waals surface area contributed by atoms with Crippen molar-refractivity contribution in [3.63, 3.8) is 0 Å². The quantitative estimate of drug-likeness (QED) is 0.738. The van der Waals surface area contributed by atoms with E-state index in [1.165, 1.54) is 0 Å². The summed E-state index contributed by atoms with van der Waals surface area (Å²) in [5, 5.41) is 5.52. The maximum atomic E-state index is 12.3. The minimum Gasteiger partial charge on any atom is -0.352 e. The van der Waals surface area contributed by atoms with Gasteiger partial charge in [-0.3, -0.25) is 14.4 Å². The van der Waals surface area contributed by atoms with E-state index in [-0.39, 0.29) is 30.7 Å². The molecule has 1 aliphatic heterocycles. The number of carbonyl (C=O) groups excluding carboxylic acids is 3. The Labute approximate surface area is 166 Å². The van der Waals surface area contributed by atoms with Gasteiger partial charge in [-0.25, -0.2) is 0 Å². The second kappa shape index (κ2) is 8.81. The highest BCUT2D eigenvalue weighted by atomic mass is 79.9. The lowest BCUT2D eigenvalue weighted by Crippen LogP contribution is -2.28. The molecule has 2 aromatic carbocycles. The molecule has 1 heterocycles. The molecule has 1 fully saturated rings. The van der Waals surface area contributed by atoms with Crippen molar-refractivity contribution >= 4 is 45.0 Å². The van der Waals surface area contributed by atoms with Crippen LogP contribution in [0, 0.1) is 0 Å². The molecule has 0 spiro atoms. The number of hydrogen-bond acceptors (Lipinski definition) is 3. The SMILES string of the molecule is O=C(CCNC(=O)c1cccc(N2CCCC2=O)c1)Nc1ccc(Br)cc1. The van der Waals surface area contributed by atoms with Crippen LogP contribution in [-0.4, -0.2) is 30.8 Å². The van der Waals surface area contributed by atoms with Gasteiger partial charge >= 0.3 is 0 Å². The zero-order chi connectivity index (χ0) is 19.2. The number of nitrogens with one attached hydrogen (secondary N) is 2. The van der Waals surface area contributed by atoms with Gasteiger partial charge in [0.2, 0.25) is 11.8 Å². The Balaban J connectivity index is 1.49. The summed E-state index contributed by atoms with van der Waals surface area (Å²) in [7, 11) is 0. The van der Waals surface area contributed by atoms with Crippen molar-refractivity contribution in [1.82, 2.24) is 5.32 Å². The van der Waals surface area contributed by atoms with Gasteiger partial charge in [0, 0.05) is 47.3 Å². The van der Waals surface area contributed by atoms with E-state index in [1.54, 1.807) is 35.2 Å². The molecule has 0 aliphatic carbocycles. The fourth-order valence-electron chi connectivity index (χ4n) is 2.88. The topological polar surface area (TPSA) is 78.5 Å². The van der Waals surface area contributed by atoms with Gasteiger partial charge < -0.3 is 15.5 Å². The number of rotatable bonds is 6. The predicted octanol–water partition coefficient (Wildman–Crippen LogP) is 3.33. The Morgan fingerprint density at radius 1 is 1.11 bits per heavy atom. The lowest BCUT2D eigenvalue weighted by atomic mass is 10.1. The molecule has 0 saturated carbocycles. The number of hydrogen-bond donors (Lipinski definition) is 2. The fourth-order valence-corrected chi connectivity index (χ4v) is 3.15. The molecule has 2 N–H and O–H groups in total. The molecule has 0 bridgehead atoms. The second-order valence-corrected chi connectivity index (χ2v) is 7.18. The third kappa shape index (κ3) is 5.17. The average molecular weight is 430 g/mol. The Kier molecular flexibility index (Phi) is 6.24. The van der Waals surface area contributed by atoms with Gasteiger partial charge in [-0.2, -0.15) is 0 Å². The normalized spacial score (nSPS) is 13.5. The van der Waals surface area contributed by atoms with Crippen molar-refractivity contribution in [3.8, 4) is 0 Å². The van der Waals surface area contributed by atoms with Crippen molar-refractivity contribution < 1.29 is 14.4 Å². The maximum Gasteiger partial charge on any atom is 0.251 e. The fraction of sp³-hybridized carbons (Fsp3) is 0.250. The number of anilines is 2. The van der Waals surface area contributed by atoms with Crippen LogP contribution in [-0.2, 0) is 9.59 Å². The van der Waals surface area contributed by atoms with Crippen LogP contribution in [0.4, 0.5) is 11.4 Å². The molecule has 140 valence electrons. The van der Waals surface area contributed by atoms with Gasteiger partial charge in [0.15, 0.2) is 0 Å². The molecular weight excluding hydrogens is 410 g/mol. The number of nitrogens with zero attached hydrogens (tertiary/aromatic N) is 1. The van der Waals surface area contributed by atoms with Crippen LogP contribution < -0.4 is 15.5 Å². The second-order valence-electron chi connectivity index (χ2n) is 6.26. The first-order valence-electron chi connectivity index (χ1n) is 8.77. The number of amides is 3. The molecule has 3 amide bonds. The summed E-state index contributed by atoms with van der Waals surface area (Å²) in [5.74, 6) is -0.355. The molecule has 1 saturated heterocycles. The lowest BCUT2D eigenvalue weighted by Gasteiger charge is -2.16.